The lowest BCUT2D eigenvalue weighted by molar-refractivity contribution is 0.263. The van der Waals surface area contributed by atoms with Crippen LogP contribution in [0.1, 0.15) is 5.56 Å². The maximum absolute atomic E-state index is 13.6. The van der Waals surface area contributed by atoms with Crippen LogP contribution in [0, 0.1) is 11.6 Å². The fourth-order valence-corrected chi connectivity index (χ4v) is 1.99. The van der Waals surface area contributed by atoms with E-state index in [4.69, 9.17) is 22.2 Å². The quantitative estimate of drug-likeness (QED) is 0.636. The number of benzene rings is 2. The van der Waals surface area contributed by atoms with Crippen LogP contribution in [0.5, 0.6) is 5.75 Å². The number of hydrazine groups is 1. The highest BCUT2D eigenvalue weighted by atomic mass is 35.5. The van der Waals surface area contributed by atoms with Crippen molar-refractivity contribution >= 4 is 11.6 Å². The number of ether oxygens (including phenoxy) is 1. The van der Waals surface area contributed by atoms with Gasteiger partial charge in [0.05, 0.1) is 6.04 Å². The topological polar surface area (TPSA) is 47.3 Å². The minimum atomic E-state index is -0.873. The molecule has 2 aromatic carbocycles. The molecule has 0 radical (unpaired) electrons. The van der Waals surface area contributed by atoms with E-state index in [9.17, 15) is 8.78 Å². The van der Waals surface area contributed by atoms with Gasteiger partial charge in [0.25, 0.3) is 0 Å². The summed E-state index contributed by atoms with van der Waals surface area (Å²) in [7, 11) is 0. The first-order valence-electron chi connectivity index (χ1n) is 6.37. The van der Waals surface area contributed by atoms with E-state index in [0.29, 0.717) is 10.8 Å². The van der Waals surface area contributed by atoms with E-state index in [1.807, 2.05) is 0 Å². The molecule has 6 heteroatoms. The first-order valence-corrected chi connectivity index (χ1v) is 6.75. The van der Waals surface area contributed by atoms with Gasteiger partial charge in [-0.15, -0.1) is 0 Å². The fourth-order valence-electron chi connectivity index (χ4n) is 1.87. The minimum absolute atomic E-state index is 0.216. The molecule has 1 atom stereocenters. The van der Waals surface area contributed by atoms with Gasteiger partial charge in [0.15, 0.2) is 11.6 Å². The van der Waals surface area contributed by atoms with Crippen LogP contribution >= 0.6 is 11.6 Å². The lowest BCUT2D eigenvalue weighted by Gasteiger charge is -2.17. The van der Waals surface area contributed by atoms with E-state index in [1.54, 1.807) is 24.3 Å². The predicted octanol–water partition coefficient (Wildman–Crippen LogP) is 3.07. The summed E-state index contributed by atoms with van der Waals surface area (Å²) in [4.78, 5) is 0. The van der Waals surface area contributed by atoms with E-state index in [0.717, 1.165) is 6.07 Å². The maximum atomic E-state index is 13.6. The first kappa shape index (κ1) is 15.7. The molecule has 3 N–H and O–H groups in total. The highest BCUT2D eigenvalue weighted by Crippen LogP contribution is 2.17. The van der Waals surface area contributed by atoms with E-state index in [2.05, 4.69) is 5.43 Å². The Morgan fingerprint density at radius 1 is 1.14 bits per heavy atom. The Morgan fingerprint density at radius 3 is 2.52 bits per heavy atom. The van der Waals surface area contributed by atoms with Gasteiger partial charge in [-0.05, 0) is 42.3 Å². The van der Waals surface area contributed by atoms with E-state index in [-0.39, 0.29) is 24.6 Å². The van der Waals surface area contributed by atoms with Crippen LogP contribution in [0.2, 0.25) is 5.02 Å². The van der Waals surface area contributed by atoms with Crippen LogP contribution in [0.3, 0.4) is 0 Å². The Bertz CT molecular complexity index is 593. The van der Waals surface area contributed by atoms with Crippen molar-refractivity contribution in [1.82, 2.24) is 5.43 Å². The van der Waals surface area contributed by atoms with Crippen LogP contribution in [0.15, 0.2) is 42.5 Å². The van der Waals surface area contributed by atoms with Crippen LogP contribution in [0.25, 0.3) is 0 Å². The lowest BCUT2D eigenvalue weighted by atomic mass is 10.1. The SMILES string of the molecule is NNC(COc1ccc(Cl)cc1)Cc1cccc(F)c1F. The van der Waals surface area contributed by atoms with Crippen molar-refractivity contribution in [3.05, 3.63) is 64.7 Å². The highest BCUT2D eigenvalue weighted by molar-refractivity contribution is 6.30. The Labute approximate surface area is 126 Å². The molecule has 0 aliphatic heterocycles. The number of rotatable bonds is 6. The Balaban J connectivity index is 1.97. The molecule has 112 valence electrons. The van der Waals surface area contributed by atoms with E-state index < -0.39 is 11.6 Å². The number of hydrogen-bond acceptors (Lipinski definition) is 3. The first-order chi connectivity index (χ1) is 10.1. The summed E-state index contributed by atoms with van der Waals surface area (Å²) in [5.41, 5.74) is 2.79. The normalized spacial score (nSPS) is 12.2. The summed E-state index contributed by atoms with van der Waals surface area (Å²) in [6.45, 7) is 0.216. The third kappa shape index (κ3) is 4.39. The van der Waals surface area contributed by atoms with Gasteiger partial charge in [0, 0.05) is 5.02 Å². The molecule has 0 bridgehead atoms. The number of nitrogens with two attached hydrogens (primary N) is 1. The largest absolute Gasteiger partial charge is 0.492 e. The summed E-state index contributed by atoms with van der Waals surface area (Å²) in [5, 5.41) is 0.609. The molecule has 0 spiro atoms. The summed E-state index contributed by atoms with van der Waals surface area (Å²) < 4.78 is 32.3. The van der Waals surface area contributed by atoms with Gasteiger partial charge in [0.1, 0.15) is 12.4 Å². The van der Waals surface area contributed by atoms with Crippen molar-refractivity contribution in [3.63, 3.8) is 0 Å². The number of nitrogens with one attached hydrogen (secondary N) is 1. The van der Waals surface area contributed by atoms with Gasteiger partial charge in [-0.25, -0.2) is 8.78 Å². The molecule has 1 unspecified atom stereocenters. The molecule has 0 amide bonds. The second kappa shape index (κ2) is 7.36. The molecule has 0 aliphatic rings. The molecule has 0 aliphatic carbocycles. The molecule has 2 rings (SSSR count). The second-order valence-corrected chi connectivity index (χ2v) is 4.98. The Morgan fingerprint density at radius 2 is 1.86 bits per heavy atom. The van der Waals surface area contributed by atoms with Crippen LogP contribution in [-0.2, 0) is 6.42 Å². The molecule has 0 saturated carbocycles. The molecule has 3 nitrogen and oxygen atoms in total. The van der Waals surface area contributed by atoms with Gasteiger partial charge in [-0.3, -0.25) is 11.3 Å². The Hall–Kier alpha value is -1.69. The smallest absolute Gasteiger partial charge is 0.162 e. The zero-order chi connectivity index (χ0) is 15.2. The van der Waals surface area contributed by atoms with Gasteiger partial charge < -0.3 is 4.74 Å². The van der Waals surface area contributed by atoms with E-state index in [1.165, 1.54) is 12.1 Å². The fraction of sp³-hybridized carbons (Fsp3) is 0.200. The molecular weight excluding hydrogens is 298 g/mol. The summed E-state index contributed by atoms with van der Waals surface area (Å²) in [6.07, 6.45) is 0.216. The van der Waals surface area contributed by atoms with Crippen molar-refractivity contribution in [1.29, 1.82) is 0 Å². The van der Waals surface area contributed by atoms with E-state index >= 15 is 0 Å². The zero-order valence-electron chi connectivity index (χ0n) is 11.2. The summed E-state index contributed by atoms with van der Waals surface area (Å²) in [5.74, 6) is 4.32. The van der Waals surface area contributed by atoms with Gasteiger partial charge in [-0.2, -0.15) is 0 Å². The van der Waals surface area contributed by atoms with Crippen LogP contribution in [0.4, 0.5) is 8.78 Å². The van der Waals surface area contributed by atoms with Crippen molar-refractivity contribution < 1.29 is 13.5 Å². The maximum Gasteiger partial charge on any atom is 0.162 e. The number of halogens is 3. The standard InChI is InChI=1S/C15H15ClF2N2O/c16-11-4-6-13(7-5-11)21-9-12(20-19)8-10-2-1-3-14(17)15(10)18/h1-7,12,20H,8-9,19H2. The van der Waals surface area contributed by atoms with Crippen molar-refractivity contribution in [2.45, 2.75) is 12.5 Å². The Kier molecular flexibility index (Phi) is 5.50. The molecular formula is C15H15ClF2N2O. The third-order valence-corrected chi connectivity index (χ3v) is 3.25. The van der Waals surface area contributed by atoms with Crippen LogP contribution in [-0.4, -0.2) is 12.6 Å². The van der Waals surface area contributed by atoms with Gasteiger partial charge in [-0.1, -0.05) is 23.7 Å². The van der Waals surface area contributed by atoms with Gasteiger partial charge >= 0.3 is 0 Å². The molecule has 2 aromatic rings. The van der Waals surface area contributed by atoms with Crippen molar-refractivity contribution in [2.24, 2.45) is 5.84 Å². The lowest BCUT2D eigenvalue weighted by Crippen LogP contribution is -2.41. The predicted molar refractivity (Wildman–Crippen MR) is 78.1 cm³/mol. The van der Waals surface area contributed by atoms with Gasteiger partial charge in [0.2, 0.25) is 0 Å². The average Bonchev–Trinajstić information content (AvgIpc) is 2.49. The molecule has 21 heavy (non-hydrogen) atoms. The average molecular weight is 313 g/mol. The monoisotopic (exact) mass is 312 g/mol. The van der Waals surface area contributed by atoms with Crippen LogP contribution < -0.4 is 16.0 Å². The van der Waals surface area contributed by atoms with Crippen molar-refractivity contribution in [3.8, 4) is 5.75 Å². The molecule has 0 heterocycles. The zero-order valence-corrected chi connectivity index (χ0v) is 11.9. The number of hydrogen-bond donors (Lipinski definition) is 2. The molecule has 0 saturated heterocycles. The molecule has 0 fully saturated rings. The second-order valence-electron chi connectivity index (χ2n) is 4.55. The molecule has 0 aromatic heterocycles. The summed E-state index contributed by atoms with van der Waals surface area (Å²) >= 11 is 5.78. The van der Waals surface area contributed by atoms with Crippen molar-refractivity contribution in [2.75, 3.05) is 6.61 Å². The minimum Gasteiger partial charge on any atom is -0.492 e. The summed E-state index contributed by atoms with van der Waals surface area (Å²) in [6, 6.07) is 10.6. The highest BCUT2D eigenvalue weighted by Gasteiger charge is 2.14. The third-order valence-electron chi connectivity index (χ3n) is 3.00.